The Morgan fingerprint density at radius 2 is 2.14 bits per heavy atom. The van der Waals surface area contributed by atoms with Gasteiger partial charge in [-0.1, -0.05) is 15.9 Å². The molecule has 0 unspecified atom stereocenters. The summed E-state index contributed by atoms with van der Waals surface area (Å²) in [5, 5.41) is 3.35. The third kappa shape index (κ3) is 1.69. The molecule has 0 bridgehead atoms. The number of carbonyl (C=O) groups is 1. The lowest BCUT2D eigenvalue weighted by molar-refractivity contribution is 0.0958. The van der Waals surface area contributed by atoms with Crippen LogP contribution in [0.25, 0.3) is 0 Å². The second-order valence-electron chi connectivity index (χ2n) is 4.30. The summed E-state index contributed by atoms with van der Waals surface area (Å²) < 4.78 is 0.950. The van der Waals surface area contributed by atoms with Gasteiger partial charge in [0.25, 0.3) is 0 Å². The molecule has 0 saturated heterocycles. The van der Waals surface area contributed by atoms with Crippen LogP contribution in [-0.2, 0) is 0 Å². The second kappa shape index (κ2) is 3.09. The highest BCUT2D eigenvalue weighted by molar-refractivity contribution is 9.10. The Bertz CT molecular complexity index is 398. The molecular formula is C11H12BrNO. The molecule has 2 rings (SSSR count). The minimum atomic E-state index is -0.127. The van der Waals surface area contributed by atoms with Crippen LogP contribution in [0.15, 0.2) is 22.7 Å². The summed E-state index contributed by atoms with van der Waals surface area (Å²) in [5.41, 5.74) is 1.60. The van der Waals surface area contributed by atoms with Crippen LogP contribution < -0.4 is 5.32 Å². The number of rotatable bonds is 0. The molecule has 0 saturated carbocycles. The van der Waals surface area contributed by atoms with Crippen molar-refractivity contribution in [3.63, 3.8) is 0 Å². The first-order valence-electron chi connectivity index (χ1n) is 4.59. The highest BCUT2D eigenvalue weighted by Gasteiger charge is 2.29. The van der Waals surface area contributed by atoms with Gasteiger partial charge in [-0.3, -0.25) is 4.79 Å². The minimum Gasteiger partial charge on any atom is -0.379 e. The van der Waals surface area contributed by atoms with E-state index in [0.29, 0.717) is 6.42 Å². The molecule has 0 aromatic heterocycles. The summed E-state index contributed by atoms with van der Waals surface area (Å²) in [6.45, 7) is 4.08. The summed E-state index contributed by atoms with van der Waals surface area (Å²) in [7, 11) is 0. The van der Waals surface area contributed by atoms with E-state index >= 15 is 0 Å². The van der Waals surface area contributed by atoms with E-state index in [1.807, 2.05) is 32.0 Å². The van der Waals surface area contributed by atoms with E-state index in [4.69, 9.17) is 0 Å². The largest absolute Gasteiger partial charge is 0.379 e. The number of hydrogen-bond acceptors (Lipinski definition) is 2. The number of halogens is 1. The first-order valence-corrected chi connectivity index (χ1v) is 5.38. The molecule has 3 heteroatoms. The summed E-state index contributed by atoms with van der Waals surface area (Å²) in [4.78, 5) is 11.8. The van der Waals surface area contributed by atoms with E-state index in [9.17, 15) is 4.79 Å². The van der Waals surface area contributed by atoms with Crippen molar-refractivity contribution in [2.24, 2.45) is 0 Å². The molecule has 1 N–H and O–H groups in total. The van der Waals surface area contributed by atoms with Gasteiger partial charge in [-0.2, -0.15) is 0 Å². The normalized spacial score (nSPS) is 18.6. The Labute approximate surface area is 91.8 Å². The zero-order valence-corrected chi connectivity index (χ0v) is 9.81. The van der Waals surface area contributed by atoms with Gasteiger partial charge in [0.2, 0.25) is 0 Å². The first-order chi connectivity index (χ1) is 6.48. The number of hydrogen-bond donors (Lipinski definition) is 1. The highest BCUT2D eigenvalue weighted by Crippen LogP contribution is 2.31. The second-order valence-corrected chi connectivity index (χ2v) is 5.21. The Hall–Kier alpha value is -0.830. The number of ketones is 1. The van der Waals surface area contributed by atoms with E-state index in [2.05, 4.69) is 21.2 Å². The van der Waals surface area contributed by atoms with Crippen LogP contribution in [0.2, 0.25) is 0 Å². The molecule has 74 valence electrons. The average molecular weight is 254 g/mol. The average Bonchev–Trinajstić information content (AvgIpc) is 2.05. The molecule has 0 spiro atoms. The lowest BCUT2D eigenvalue weighted by atomic mass is 9.88. The van der Waals surface area contributed by atoms with Gasteiger partial charge in [0.15, 0.2) is 5.78 Å². The number of Topliss-reactive ketones (excluding diaryl/α,β-unsaturated/α-hetero) is 1. The summed E-state index contributed by atoms with van der Waals surface area (Å²) in [6.07, 6.45) is 0.552. The Balaban J connectivity index is 2.50. The van der Waals surface area contributed by atoms with Crippen molar-refractivity contribution in [2.45, 2.75) is 25.8 Å². The summed E-state index contributed by atoms with van der Waals surface area (Å²) in [5.74, 6) is 0.213. The van der Waals surface area contributed by atoms with Gasteiger partial charge < -0.3 is 5.32 Å². The van der Waals surface area contributed by atoms with Gasteiger partial charge >= 0.3 is 0 Å². The van der Waals surface area contributed by atoms with Gasteiger partial charge in [0, 0.05) is 27.7 Å². The minimum absolute atomic E-state index is 0.127. The molecule has 14 heavy (non-hydrogen) atoms. The fraction of sp³-hybridized carbons (Fsp3) is 0.364. The van der Waals surface area contributed by atoms with E-state index in [0.717, 1.165) is 15.7 Å². The van der Waals surface area contributed by atoms with E-state index in [1.54, 1.807) is 0 Å². The van der Waals surface area contributed by atoms with Crippen LogP contribution in [0.1, 0.15) is 30.6 Å². The van der Waals surface area contributed by atoms with Gasteiger partial charge in [-0.15, -0.1) is 0 Å². The monoisotopic (exact) mass is 253 g/mol. The van der Waals surface area contributed by atoms with E-state index < -0.39 is 0 Å². The van der Waals surface area contributed by atoms with Crippen molar-refractivity contribution in [1.82, 2.24) is 0 Å². The standard InChI is InChI=1S/C11H12BrNO/c1-11(2)6-10(14)8-5-7(12)3-4-9(8)13-11/h3-5,13H,6H2,1-2H3. The quantitative estimate of drug-likeness (QED) is 0.770. The maximum atomic E-state index is 11.8. The van der Waals surface area contributed by atoms with Crippen molar-refractivity contribution in [3.8, 4) is 0 Å². The van der Waals surface area contributed by atoms with Crippen LogP contribution >= 0.6 is 15.9 Å². The van der Waals surface area contributed by atoms with Crippen LogP contribution in [-0.4, -0.2) is 11.3 Å². The summed E-state index contributed by atoms with van der Waals surface area (Å²) >= 11 is 3.37. The summed E-state index contributed by atoms with van der Waals surface area (Å²) in [6, 6.07) is 5.76. The van der Waals surface area contributed by atoms with E-state index in [-0.39, 0.29) is 11.3 Å². The fourth-order valence-corrected chi connectivity index (χ4v) is 2.12. The molecule has 1 aromatic rings. The smallest absolute Gasteiger partial charge is 0.167 e. The molecule has 1 heterocycles. The molecule has 0 aliphatic carbocycles. The molecule has 2 nitrogen and oxygen atoms in total. The maximum Gasteiger partial charge on any atom is 0.167 e. The topological polar surface area (TPSA) is 29.1 Å². The molecular weight excluding hydrogens is 242 g/mol. The SMILES string of the molecule is CC1(C)CC(=O)c2cc(Br)ccc2N1. The fourth-order valence-electron chi connectivity index (χ4n) is 1.76. The van der Waals surface area contributed by atoms with Crippen molar-refractivity contribution < 1.29 is 4.79 Å². The number of nitrogens with one attached hydrogen (secondary N) is 1. The third-order valence-corrected chi connectivity index (χ3v) is 2.85. The predicted molar refractivity (Wildman–Crippen MR) is 60.8 cm³/mol. The van der Waals surface area contributed by atoms with Crippen LogP contribution in [0.5, 0.6) is 0 Å². The Kier molecular flexibility index (Phi) is 2.14. The molecule has 1 aliphatic rings. The molecule has 1 aromatic carbocycles. The molecule has 0 atom stereocenters. The number of fused-ring (bicyclic) bond motifs is 1. The van der Waals surface area contributed by atoms with E-state index in [1.165, 1.54) is 0 Å². The lowest BCUT2D eigenvalue weighted by Crippen LogP contribution is -2.38. The van der Waals surface area contributed by atoms with Crippen molar-refractivity contribution >= 4 is 27.4 Å². The van der Waals surface area contributed by atoms with Crippen molar-refractivity contribution in [2.75, 3.05) is 5.32 Å². The zero-order chi connectivity index (χ0) is 10.3. The molecule has 0 fully saturated rings. The van der Waals surface area contributed by atoms with Crippen molar-refractivity contribution in [1.29, 1.82) is 0 Å². The van der Waals surface area contributed by atoms with Gasteiger partial charge in [0.05, 0.1) is 0 Å². The zero-order valence-electron chi connectivity index (χ0n) is 8.23. The van der Waals surface area contributed by atoms with Gasteiger partial charge in [0.1, 0.15) is 0 Å². The van der Waals surface area contributed by atoms with Gasteiger partial charge in [-0.25, -0.2) is 0 Å². The van der Waals surface area contributed by atoms with Crippen LogP contribution in [0.4, 0.5) is 5.69 Å². The van der Waals surface area contributed by atoms with Crippen LogP contribution in [0, 0.1) is 0 Å². The van der Waals surface area contributed by atoms with Crippen molar-refractivity contribution in [3.05, 3.63) is 28.2 Å². The third-order valence-electron chi connectivity index (χ3n) is 2.36. The first kappa shape index (κ1) is 9.71. The van der Waals surface area contributed by atoms with Gasteiger partial charge in [-0.05, 0) is 32.0 Å². The Morgan fingerprint density at radius 1 is 1.43 bits per heavy atom. The predicted octanol–water partition coefficient (Wildman–Crippen LogP) is 3.23. The number of carbonyl (C=O) groups excluding carboxylic acids is 1. The number of anilines is 1. The maximum absolute atomic E-state index is 11.8. The van der Waals surface area contributed by atoms with Crippen LogP contribution in [0.3, 0.4) is 0 Å². The molecule has 1 aliphatic heterocycles. The molecule has 0 radical (unpaired) electrons. The number of benzene rings is 1. The highest BCUT2D eigenvalue weighted by atomic mass is 79.9. The molecule has 0 amide bonds. The lowest BCUT2D eigenvalue weighted by Gasteiger charge is -2.32. The Morgan fingerprint density at radius 3 is 2.86 bits per heavy atom.